The molecule has 3 rings (SSSR count). The normalized spacial score (nSPS) is 19.4. The minimum atomic E-state index is -0.00575. The maximum absolute atomic E-state index is 4.36. The Bertz CT molecular complexity index is 776. The van der Waals surface area contributed by atoms with Crippen LogP contribution in [-0.2, 0) is 5.41 Å². The zero-order chi connectivity index (χ0) is 13.6. The second-order valence-electron chi connectivity index (χ2n) is 5.68. The van der Waals surface area contributed by atoms with Crippen LogP contribution in [0.3, 0.4) is 0 Å². The van der Waals surface area contributed by atoms with Crippen molar-refractivity contribution in [1.29, 1.82) is 0 Å². The number of rotatable bonds is 0. The highest BCUT2D eigenvalue weighted by Gasteiger charge is 2.36. The predicted molar refractivity (Wildman–Crippen MR) is 82.3 cm³/mol. The number of fused-ring (bicyclic) bond motifs is 1. The van der Waals surface area contributed by atoms with E-state index in [0.29, 0.717) is 0 Å². The highest BCUT2D eigenvalue weighted by molar-refractivity contribution is 5.88. The van der Waals surface area contributed by atoms with Gasteiger partial charge in [-0.05, 0) is 32.7 Å². The number of hydrogen-bond donors (Lipinski definition) is 0. The molecule has 0 heterocycles. The third-order valence-electron chi connectivity index (χ3n) is 4.21. The lowest BCUT2D eigenvalue weighted by molar-refractivity contribution is 0.663. The molecule has 0 N–H and O–H groups in total. The molecule has 0 heteroatoms. The number of allylic oxidation sites excluding steroid dienone is 1. The van der Waals surface area contributed by atoms with Gasteiger partial charge in [-0.15, -0.1) is 0 Å². The Morgan fingerprint density at radius 2 is 1.47 bits per heavy atom. The predicted octanol–water partition coefficient (Wildman–Crippen LogP) is 3.14. The average Bonchev–Trinajstić information content (AvgIpc) is 2.60. The average molecular weight is 246 g/mol. The van der Waals surface area contributed by atoms with E-state index in [4.69, 9.17) is 0 Å². The van der Waals surface area contributed by atoms with Gasteiger partial charge < -0.3 is 0 Å². The molecule has 0 spiro atoms. The van der Waals surface area contributed by atoms with Crippen molar-refractivity contribution < 1.29 is 0 Å². The first kappa shape index (κ1) is 12.0. The van der Waals surface area contributed by atoms with Crippen molar-refractivity contribution in [2.24, 2.45) is 0 Å². The van der Waals surface area contributed by atoms with Gasteiger partial charge in [0.1, 0.15) is 0 Å². The van der Waals surface area contributed by atoms with Gasteiger partial charge in [-0.3, -0.25) is 0 Å². The third-order valence-corrected chi connectivity index (χ3v) is 4.21. The van der Waals surface area contributed by atoms with E-state index >= 15 is 0 Å². The summed E-state index contributed by atoms with van der Waals surface area (Å²) in [7, 11) is 0. The smallest absolute Gasteiger partial charge is 0.0153 e. The fourth-order valence-corrected chi connectivity index (χ4v) is 2.96. The van der Waals surface area contributed by atoms with E-state index in [9.17, 15) is 0 Å². The number of hydrogen-bond acceptors (Lipinski definition) is 0. The summed E-state index contributed by atoms with van der Waals surface area (Å²) in [6.45, 7) is 13.0. The second-order valence-corrected chi connectivity index (χ2v) is 5.68. The molecular weight excluding hydrogens is 228 g/mol. The van der Waals surface area contributed by atoms with E-state index in [0.717, 1.165) is 5.22 Å². The fourth-order valence-electron chi connectivity index (χ4n) is 2.96. The van der Waals surface area contributed by atoms with Gasteiger partial charge in [-0.1, -0.05) is 75.5 Å². The third kappa shape index (κ3) is 1.60. The van der Waals surface area contributed by atoms with Gasteiger partial charge in [0.05, 0.1) is 0 Å². The molecule has 0 saturated carbocycles. The Morgan fingerprint density at radius 1 is 0.842 bits per heavy atom. The van der Waals surface area contributed by atoms with Crippen LogP contribution in [0.1, 0.15) is 25.0 Å². The van der Waals surface area contributed by atoms with Gasteiger partial charge in [0, 0.05) is 5.41 Å². The molecule has 2 aromatic rings. The molecule has 0 fully saturated rings. The van der Waals surface area contributed by atoms with Gasteiger partial charge in [0.15, 0.2) is 0 Å². The Kier molecular flexibility index (Phi) is 2.50. The summed E-state index contributed by atoms with van der Waals surface area (Å²) >= 11 is 0. The lowest BCUT2D eigenvalue weighted by Gasteiger charge is -2.20. The van der Waals surface area contributed by atoms with E-state index in [-0.39, 0.29) is 5.41 Å². The monoisotopic (exact) mass is 246 g/mol. The largest absolute Gasteiger partial charge is 0.0943 e. The van der Waals surface area contributed by atoms with Crippen LogP contribution >= 0.6 is 0 Å². The summed E-state index contributed by atoms with van der Waals surface area (Å²) in [4.78, 5) is 0. The van der Waals surface area contributed by atoms with Crippen molar-refractivity contribution in [3.8, 4) is 0 Å². The Hall–Kier alpha value is -2.08. The summed E-state index contributed by atoms with van der Waals surface area (Å²) in [6, 6.07) is 16.9. The maximum Gasteiger partial charge on any atom is 0.0153 e. The van der Waals surface area contributed by atoms with Crippen LogP contribution < -0.4 is 10.4 Å². The molecule has 0 bridgehead atoms. The van der Waals surface area contributed by atoms with Crippen LogP contribution in [0.25, 0.3) is 12.2 Å². The summed E-state index contributed by atoms with van der Waals surface area (Å²) in [5.41, 5.74) is 5.09. The lowest BCUT2D eigenvalue weighted by atomic mass is 9.83. The molecule has 1 aliphatic carbocycles. The summed E-state index contributed by atoms with van der Waals surface area (Å²) in [5.74, 6) is 0. The molecule has 0 nitrogen and oxygen atoms in total. The van der Waals surface area contributed by atoms with Crippen molar-refractivity contribution >= 4 is 12.2 Å². The summed E-state index contributed by atoms with van der Waals surface area (Å²) < 4.78 is 0. The topological polar surface area (TPSA) is 0 Å². The van der Waals surface area contributed by atoms with E-state index < -0.39 is 0 Å². The number of benzene rings is 2. The maximum atomic E-state index is 4.36. The van der Waals surface area contributed by atoms with Crippen LogP contribution in [0, 0.1) is 0 Å². The van der Waals surface area contributed by atoms with E-state index in [1.54, 1.807) is 0 Å². The Morgan fingerprint density at radius 3 is 2.21 bits per heavy atom. The van der Waals surface area contributed by atoms with Crippen molar-refractivity contribution in [2.75, 3.05) is 0 Å². The molecule has 0 saturated heterocycles. The van der Waals surface area contributed by atoms with Crippen LogP contribution in [0.15, 0.2) is 60.7 Å². The molecule has 94 valence electrons. The van der Waals surface area contributed by atoms with E-state index in [1.807, 2.05) is 6.07 Å². The zero-order valence-electron chi connectivity index (χ0n) is 11.5. The molecular formula is C19H18. The van der Waals surface area contributed by atoms with Crippen molar-refractivity contribution in [2.45, 2.75) is 19.3 Å². The SMILES string of the molecule is C=C1/C(=c2/ccccc2=C)c2ccccc2C1(C)C. The molecule has 0 aliphatic heterocycles. The molecule has 0 aromatic heterocycles. The van der Waals surface area contributed by atoms with Gasteiger partial charge >= 0.3 is 0 Å². The standard InChI is InChI=1S/C19H18/c1-13-9-5-6-10-15(13)18-14(2)19(3,4)17-12-8-7-11-16(17)18/h5-12H,1-2H2,3-4H3/b18-15+. The van der Waals surface area contributed by atoms with Crippen LogP contribution in [0.4, 0.5) is 0 Å². The molecule has 19 heavy (non-hydrogen) atoms. The first-order valence-electron chi connectivity index (χ1n) is 6.61. The first-order chi connectivity index (χ1) is 9.03. The minimum absolute atomic E-state index is 0.00575. The van der Waals surface area contributed by atoms with Crippen molar-refractivity contribution in [3.63, 3.8) is 0 Å². The van der Waals surface area contributed by atoms with Gasteiger partial charge in [0.2, 0.25) is 0 Å². The van der Waals surface area contributed by atoms with Crippen LogP contribution in [0.2, 0.25) is 0 Å². The van der Waals surface area contributed by atoms with Crippen LogP contribution in [-0.4, -0.2) is 0 Å². The van der Waals surface area contributed by atoms with E-state index in [2.05, 4.69) is 69.5 Å². The Labute approximate surface area is 114 Å². The van der Waals surface area contributed by atoms with Gasteiger partial charge in [0.25, 0.3) is 0 Å². The highest BCUT2D eigenvalue weighted by atomic mass is 14.4. The minimum Gasteiger partial charge on any atom is -0.0943 e. The molecule has 1 aliphatic rings. The molecule has 0 atom stereocenters. The molecule has 2 aromatic carbocycles. The lowest BCUT2D eigenvalue weighted by Crippen LogP contribution is -2.26. The van der Waals surface area contributed by atoms with Crippen molar-refractivity contribution in [1.82, 2.24) is 0 Å². The van der Waals surface area contributed by atoms with Gasteiger partial charge in [-0.2, -0.15) is 0 Å². The van der Waals surface area contributed by atoms with Gasteiger partial charge in [-0.25, -0.2) is 0 Å². The fraction of sp³-hybridized carbons (Fsp3) is 0.158. The quantitative estimate of drug-likeness (QED) is 0.670. The summed E-state index contributed by atoms with van der Waals surface area (Å²) in [5, 5.41) is 2.26. The summed E-state index contributed by atoms with van der Waals surface area (Å²) in [6.07, 6.45) is 0. The van der Waals surface area contributed by atoms with Crippen molar-refractivity contribution in [3.05, 3.63) is 82.2 Å². The molecule has 0 radical (unpaired) electrons. The first-order valence-corrected chi connectivity index (χ1v) is 6.61. The highest BCUT2D eigenvalue weighted by Crippen LogP contribution is 2.47. The van der Waals surface area contributed by atoms with E-state index in [1.165, 1.54) is 27.5 Å². The Balaban J connectivity index is 2.50. The van der Waals surface area contributed by atoms with Crippen LogP contribution in [0.5, 0.6) is 0 Å². The zero-order valence-corrected chi connectivity index (χ0v) is 11.5. The molecule has 0 unspecified atom stereocenters. The second kappa shape index (κ2) is 3.96. The molecule has 0 amide bonds.